The summed E-state index contributed by atoms with van der Waals surface area (Å²) < 4.78 is 13.0. The number of likely N-dealkylation sites (tertiary alicyclic amines) is 1. The first-order valence-electron chi connectivity index (χ1n) is 8.87. The second kappa shape index (κ2) is 7.76. The maximum Gasteiger partial charge on any atom is 0.123 e. The van der Waals surface area contributed by atoms with Gasteiger partial charge in [-0.05, 0) is 73.2 Å². The van der Waals surface area contributed by atoms with Crippen molar-refractivity contribution >= 4 is 5.57 Å². The molecule has 0 aromatic heterocycles. The van der Waals surface area contributed by atoms with E-state index in [9.17, 15) is 4.39 Å². The van der Waals surface area contributed by atoms with Crippen LogP contribution in [0.2, 0.25) is 0 Å². The molecule has 3 rings (SSSR count). The fraction of sp³-hybridized carbons (Fsp3) is 0.364. The molecule has 1 aliphatic heterocycles. The van der Waals surface area contributed by atoms with Gasteiger partial charge in [0.25, 0.3) is 0 Å². The first-order valence-corrected chi connectivity index (χ1v) is 8.87. The van der Waals surface area contributed by atoms with Crippen LogP contribution < -0.4 is 0 Å². The highest BCUT2D eigenvalue weighted by atomic mass is 19.1. The predicted molar refractivity (Wildman–Crippen MR) is 100 cm³/mol. The molecule has 24 heavy (non-hydrogen) atoms. The minimum Gasteiger partial charge on any atom is -0.300 e. The van der Waals surface area contributed by atoms with Crippen molar-refractivity contribution < 1.29 is 4.39 Å². The molecular formula is C22H26FN. The Morgan fingerprint density at radius 2 is 1.54 bits per heavy atom. The van der Waals surface area contributed by atoms with Crippen molar-refractivity contribution in [3.05, 3.63) is 66.0 Å². The highest BCUT2D eigenvalue weighted by Gasteiger charge is 2.14. The zero-order valence-electron chi connectivity index (χ0n) is 14.6. The number of benzene rings is 2. The first kappa shape index (κ1) is 16.9. The molecule has 2 heteroatoms. The van der Waals surface area contributed by atoms with E-state index in [4.69, 9.17) is 0 Å². The Morgan fingerprint density at radius 1 is 1.00 bits per heavy atom. The fourth-order valence-electron chi connectivity index (χ4n) is 3.20. The maximum atomic E-state index is 13.0. The van der Waals surface area contributed by atoms with E-state index in [1.165, 1.54) is 49.2 Å². The average molecular weight is 323 g/mol. The number of allylic oxidation sites excluding steroid dienone is 1. The van der Waals surface area contributed by atoms with Gasteiger partial charge in [-0.1, -0.05) is 49.4 Å². The Morgan fingerprint density at radius 3 is 2.12 bits per heavy atom. The van der Waals surface area contributed by atoms with E-state index in [0.29, 0.717) is 0 Å². The Bertz CT molecular complexity index is 677. The number of nitrogens with zero attached hydrogens (tertiary/aromatic N) is 1. The van der Waals surface area contributed by atoms with Gasteiger partial charge in [0.2, 0.25) is 0 Å². The number of halogens is 1. The second-order valence-corrected chi connectivity index (χ2v) is 6.95. The normalized spacial score (nSPS) is 17.2. The number of hydrogen-bond donors (Lipinski definition) is 0. The summed E-state index contributed by atoms with van der Waals surface area (Å²) >= 11 is 0. The van der Waals surface area contributed by atoms with Crippen LogP contribution in [-0.4, -0.2) is 24.5 Å². The van der Waals surface area contributed by atoms with Crippen molar-refractivity contribution in [3.63, 3.8) is 0 Å². The summed E-state index contributed by atoms with van der Waals surface area (Å²) in [5.41, 5.74) is 4.74. The van der Waals surface area contributed by atoms with Crippen molar-refractivity contribution in [2.45, 2.75) is 26.7 Å². The van der Waals surface area contributed by atoms with Crippen molar-refractivity contribution in [1.82, 2.24) is 4.90 Å². The molecular weight excluding hydrogens is 297 g/mol. The van der Waals surface area contributed by atoms with Crippen LogP contribution in [0.25, 0.3) is 16.7 Å². The third-order valence-electron chi connectivity index (χ3n) is 5.05. The second-order valence-electron chi connectivity index (χ2n) is 6.95. The molecule has 1 aliphatic rings. The van der Waals surface area contributed by atoms with Crippen LogP contribution in [0.1, 0.15) is 32.3 Å². The minimum absolute atomic E-state index is 0.193. The van der Waals surface area contributed by atoms with Crippen molar-refractivity contribution in [3.8, 4) is 11.1 Å². The van der Waals surface area contributed by atoms with E-state index in [1.807, 2.05) is 12.1 Å². The van der Waals surface area contributed by atoms with Crippen molar-refractivity contribution in [2.24, 2.45) is 5.92 Å². The van der Waals surface area contributed by atoms with Crippen LogP contribution in [0.15, 0.2) is 54.6 Å². The molecule has 1 nitrogen and oxygen atoms in total. The SMILES string of the molecule is C/C(=C/CN1CCC(C)CC1)c1ccc(-c2ccc(F)cc2)cc1. The van der Waals surface area contributed by atoms with Gasteiger partial charge in [-0.15, -0.1) is 0 Å². The molecule has 1 fully saturated rings. The van der Waals surface area contributed by atoms with E-state index in [-0.39, 0.29) is 5.82 Å². The third kappa shape index (κ3) is 4.33. The Kier molecular flexibility index (Phi) is 5.47. The van der Waals surface area contributed by atoms with Gasteiger partial charge in [0, 0.05) is 6.54 Å². The van der Waals surface area contributed by atoms with E-state index in [2.05, 4.69) is 49.1 Å². The lowest BCUT2D eigenvalue weighted by Gasteiger charge is -2.29. The van der Waals surface area contributed by atoms with Crippen LogP contribution in [-0.2, 0) is 0 Å². The average Bonchev–Trinajstić information content (AvgIpc) is 2.62. The summed E-state index contributed by atoms with van der Waals surface area (Å²) in [5, 5.41) is 0. The van der Waals surface area contributed by atoms with Gasteiger partial charge in [0.15, 0.2) is 0 Å². The number of hydrogen-bond acceptors (Lipinski definition) is 1. The van der Waals surface area contributed by atoms with Gasteiger partial charge in [-0.3, -0.25) is 4.90 Å². The van der Waals surface area contributed by atoms with Crippen LogP contribution in [0.5, 0.6) is 0 Å². The lowest BCUT2D eigenvalue weighted by molar-refractivity contribution is 0.210. The molecule has 1 saturated heterocycles. The summed E-state index contributed by atoms with van der Waals surface area (Å²) in [6, 6.07) is 15.2. The Labute approximate surface area is 144 Å². The maximum absolute atomic E-state index is 13.0. The van der Waals surface area contributed by atoms with Gasteiger partial charge in [-0.2, -0.15) is 0 Å². The van der Waals surface area contributed by atoms with Gasteiger partial charge in [0.05, 0.1) is 0 Å². The number of rotatable bonds is 4. The van der Waals surface area contributed by atoms with E-state index >= 15 is 0 Å². The smallest absolute Gasteiger partial charge is 0.123 e. The lowest BCUT2D eigenvalue weighted by Crippen LogP contribution is -2.32. The standard InChI is InChI=1S/C22H26FN/c1-17-11-14-24(15-12-17)16-13-18(2)19-3-5-20(6-4-19)21-7-9-22(23)10-8-21/h3-10,13,17H,11-12,14-16H2,1-2H3/b18-13-. The van der Waals surface area contributed by atoms with Gasteiger partial charge >= 0.3 is 0 Å². The van der Waals surface area contributed by atoms with Crippen LogP contribution in [0, 0.1) is 11.7 Å². The summed E-state index contributed by atoms with van der Waals surface area (Å²) in [7, 11) is 0. The molecule has 0 N–H and O–H groups in total. The van der Waals surface area contributed by atoms with Gasteiger partial charge in [-0.25, -0.2) is 4.39 Å². The minimum atomic E-state index is -0.193. The van der Waals surface area contributed by atoms with Crippen molar-refractivity contribution in [2.75, 3.05) is 19.6 Å². The first-order chi connectivity index (χ1) is 11.6. The molecule has 0 radical (unpaired) electrons. The van der Waals surface area contributed by atoms with Gasteiger partial charge < -0.3 is 0 Å². The Balaban J connectivity index is 1.64. The zero-order chi connectivity index (χ0) is 16.9. The van der Waals surface area contributed by atoms with Crippen molar-refractivity contribution in [1.29, 1.82) is 0 Å². The van der Waals surface area contributed by atoms with Crippen LogP contribution >= 0.6 is 0 Å². The molecule has 0 spiro atoms. The Hall–Kier alpha value is -1.93. The molecule has 2 aromatic carbocycles. The lowest BCUT2D eigenvalue weighted by atomic mass is 9.98. The third-order valence-corrected chi connectivity index (χ3v) is 5.05. The molecule has 0 atom stereocenters. The van der Waals surface area contributed by atoms with E-state index in [1.54, 1.807) is 0 Å². The number of piperidine rings is 1. The molecule has 0 aliphatic carbocycles. The van der Waals surface area contributed by atoms with E-state index in [0.717, 1.165) is 23.6 Å². The predicted octanol–water partition coefficient (Wildman–Crippen LogP) is 5.63. The van der Waals surface area contributed by atoms with E-state index < -0.39 is 0 Å². The summed E-state index contributed by atoms with van der Waals surface area (Å²) in [6.07, 6.45) is 4.97. The summed E-state index contributed by atoms with van der Waals surface area (Å²) in [4.78, 5) is 2.54. The summed E-state index contributed by atoms with van der Waals surface area (Å²) in [5.74, 6) is 0.687. The monoisotopic (exact) mass is 323 g/mol. The topological polar surface area (TPSA) is 3.24 Å². The molecule has 0 saturated carbocycles. The molecule has 0 unspecified atom stereocenters. The quantitative estimate of drug-likeness (QED) is 0.705. The fourth-order valence-corrected chi connectivity index (χ4v) is 3.20. The molecule has 0 amide bonds. The largest absolute Gasteiger partial charge is 0.300 e. The molecule has 2 aromatic rings. The van der Waals surface area contributed by atoms with Gasteiger partial charge in [0.1, 0.15) is 5.82 Å². The van der Waals surface area contributed by atoms with Crippen LogP contribution in [0.4, 0.5) is 4.39 Å². The molecule has 1 heterocycles. The molecule has 0 bridgehead atoms. The highest BCUT2D eigenvalue weighted by Crippen LogP contribution is 2.23. The van der Waals surface area contributed by atoms with Crippen LogP contribution in [0.3, 0.4) is 0 Å². The summed E-state index contributed by atoms with van der Waals surface area (Å²) in [6.45, 7) is 8.00. The highest BCUT2D eigenvalue weighted by molar-refractivity contribution is 5.69. The zero-order valence-corrected chi connectivity index (χ0v) is 14.6. The molecule has 126 valence electrons.